The summed E-state index contributed by atoms with van der Waals surface area (Å²) in [5.41, 5.74) is 4.61. The van der Waals surface area contributed by atoms with E-state index in [1.807, 2.05) is 35.2 Å². The number of alkyl halides is 1. The fourth-order valence-corrected chi connectivity index (χ4v) is 4.52. The van der Waals surface area contributed by atoms with Gasteiger partial charge in [0.1, 0.15) is 29.7 Å². The van der Waals surface area contributed by atoms with Crippen LogP contribution in [-0.4, -0.2) is 27.3 Å². The first-order valence-electron chi connectivity index (χ1n) is 12.1. The first-order chi connectivity index (χ1) is 17.9. The number of imidazole rings is 1. The molecule has 2 aromatic carbocycles. The maximum Gasteiger partial charge on any atom is 0.167 e. The highest BCUT2D eigenvalue weighted by molar-refractivity contribution is 5.68. The van der Waals surface area contributed by atoms with Gasteiger partial charge in [-0.3, -0.25) is 0 Å². The summed E-state index contributed by atoms with van der Waals surface area (Å²) >= 11 is 0. The van der Waals surface area contributed by atoms with E-state index in [4.69, 9.17) is 4.74 Å². The molecule has 5 rings (SSSR count). The van der Waals surface area contributed by atoms with E-state index >= 15 is 0 Å². The summed E-state index contributed by atoms with van der Waals surface area (Å²) in [7, 11) is 0. The van der Waals surface area contributed by atoms with Crippen molar-refractivity contribution in [1.29, 1.82) is 0 Å². The van der Waals surface area contributed by atoms with Gasteiger partial charge in [-0.05, 0) is 67.3 Å². The van der Waals surface area contributed by atoms with Crippen LogP contribution in [0.5, 0.6) is 5.75 Å². The molecule has 0 fully saturated rings. The Bertz CT molecular complexity index is 1520. The molecule has 0 amide bonds. The van der Waals surface area contributed by atoms with Crippen molar-refractivity contribution >= 4 is 0 Å². The van der Waals surface area contributed by atoms with Crippen LogP contribution in [0.3, 0.4) is 0 Å². The summed E-state index contributed by atoms with van der Waals surface area (Å²) in [5, 5.41) is 0. The Hall–Kier alpha value is -4.24. The third kappa shape index (κ3) is 4.90. The highest BCUT2D eigenvalue weighted by atomic mass is 19.2. The molecule has 37 heavy (non-hydrogen) atoms. The second-order valence-corrected chi connectivity index (χ2v) is 9.38. The van der Waals surface area contributed by atoms with Crippen LogP contribution in [0, 0.1) is 18.8 Å². The van der Waals surface area contributed by atoms with E-state index in [0.717, 1.165) is 34.1 Å². The number of pyridine rings is 1. The van der Waals surface area contributed by atoms with Crippen LogP contribution in [-0.2, 0) is 12.0 Å². The number of halogens is 2. The second-order valence-electron chi connectivity index (χ2n) is 9.38. The molecule has 2 heterocycles. The van der Waals surface area contributed by atoms with Gasteiger partial charge in [0, 0.05) is 18.9 Å². The number of fused-ring (bicyclic) bond motifs is 1. The van der Waals surface area contributed by atoms with Crippen molar-refractivity contribution in [2.24, 2.45) is 0 Å². The average molecular weight is 496 g/mol. The van der Waals surface area contributed by atoms with Gasteiger partial charge in [-0.25, -0.2) is 18.7 Å². The van der Waals surface area contributed by atoms with Crippen molar-refractivity contribution in [3.05, 3.63) is 102 Å². The fourth-order valence-electron chi connectivity index (χ4n) is 4.52. The van der Waals surface area contributed by atoms with Gasteiger partial charge in [-0.1, -0.05) is 48.4 Å². The fraction of sp³-hybridized carbons (Fsp3) is 0.226. The maximum atomic E-state index is 14.7. The lowest BCUT2D eigenvalue weighted by Gasteiger charge is -2.28. The molecular weight excluding hydrogens is 468 g/mol. The first kappa shape index (κ1) is 24.5. The molecule has 2 aromatic rings. The van der Waals surface area contributed by atoms with Gasteiger partial charge in [-0.2, -0.15) is 0 Å². The van der Waals surface area contributed by atoms with Gasteiger partial charge < -0.3 is 9.30 Å². The smallest absolute Gasteiger partial charge is 0.167 e. The van der Waals surface area contributed by atoms with E-state index in [1.54, 1.807) is 19.9 Å². The normalized spacial score (nSPS) is 18.8. The molecule has 2 unspecified atom stereocenters. The van der Waals surface area contributed by atoms with Crippen LogP contribution in [0.2, 0.25) is 0 Å². The first-order valence-corrected chi connectivity index (χ1v) is 12.1. The minimum absolute atomic E-state index is 0.279. The molecule has 0 N–H and O–H groups in total. The molecule has 0 aromatic heterocycles. The zero-order valence-corrected chi connectivity index (χ0v) is 21.0. The van der Waals surface area contributed by atoms with E-state index in [2.05, 4.69) is 59.1 Å². The average Bonchev–Trinajstić information content (AvgIpc) is 3.33. The molecule has 0 bridgehead atoms. The van der Waals surface area contributed by atoms with Crippen molar-refractivity contribution in [2.75, 3.05) is 6.61 Å². The zero-order chi connectivity index (χ0) is 26.0. The number of ether oxygens (including phenoxy) is 1. The molecule has 0 saturated carbocycles. The molecule has 4 nitrogen and oxygen atoms in total. The number of benzene rings is 2. The SMILES string of the molecule is CC#CCOc1ccc(-c2ccc(Cn3ccc4nc(C5(C)C=CC=C(F)C5F)nc-4c3)cc2)c(C)c1. The van der Waals surface area contributed by atoms with Crippen LogP contribution in [0.15, 0.2) is 85.0 Å². The summed E-state index contributed by atoms with van der Waals surface area (Å²) < 4.78 is 36.3. The number of nitrogens with zero attached hydrogens (tertiary/aromatic N) is 3. The van der Waals surface area contributed by atoms with E-state index in [9.17, 15) is 8.78 Å². The standard InChI is InChI=1S/C31H27F2N3O/c1-4-5-17-37-24-12-13-25(21(2)18-24)23-10-8-22(9-11-23)19-36-16-14-27-28(20-36)35-30(34-27)31(3)15-6-7-26(32)29(31)33/h6-16,18,20,29H,17,19H2,1-3H3. The Kier molecular flexibility index (Phi) is 6.62. The lowest BCUT2D eigenvalue weighted by Crippen LogP contribution is -2.34. The van der Waals surface area contributed by atoms with E-state index in [0.29, 0.717) is 24.5 Å². The summed E-state index contributed by atoms with van der Waals surface area (Å²) in [5.74, 6) is 6.01. The van der Waals surface area contributed by atoms with Crippen molar-refractivity contribution in [1.82, 2.24) is 14.5 Å². The Labute approximate surface area is 215 Å². The van der Waals surface area contributed by atoms with E-state index in [-0.39, 0.29) is 5.82 Å². The summed E-state index contributed by atoms with van der Waals surface area (Å²) in [6.07, 6.45) is 6.29. The monoisotopic (exact) mass is 495 g/mol. The number of hydrogen-bond donors (Lipinski definition) is 0. The molecule has 0 spiro atoms. The van der Waals surface area contributed by atoms with Gasteiger partial charge in [-0.15, -0.1) is 5.92 Å². The van der Waals surface area contributed by atoms with E-state index in [1.165, 1.54) is 6.08 Å². The highest BCUT2D eigenvalue weighted by Gasteiger charge is 2.42. The lowest BCUT2D eigenvalue weighted by atomic mass is 9.81. The molecule has 3 aliphatic rings. The number of rotatable bonds is 6. The van der Waals surface area contributed by atoms with Gasteiger partial charge >= 0.3 is 0 Å². The van der Waals surface area contributed by atoms with Crippen molar-refractivity contribution in [3.63, 3.8) is 0 Å². The number of allylic oxidation sites excluding steroid dienone is 4. The topological polar surface area (TPSA) is 39.9 Å². The molecule has 0 saturated heterocycles. The second kappa shape index (κ2) is 10.0. The molecule has 2 atom stereocenters. The predicted molar refractivity (Wildman–Crippen MR) is 142 cm³/mol. The number of hydrogen-bond acceptors (Lipinski definition) is 3. The van der Waals surface area contributed by atoms with Gasteiger partial charge in [0.05, 0.1) is 11.1 Å². The van der Waals surface area contributed by atoms with Crippen molar-refractivity contribution < 1.29 is 13.5 Å². The minimum Gasteiger partial charge on any atom is -0.481 e. The molecule has 186 valence electrons. The van der Waals surface area contributed by atoms with E-state index < -0.39 is 17.4 Å². The van der Waals surface area contributed by atoms with Gasteiger partial charge in [0.2, 0.25) is 0 Å². The Balaban J connectivity index is 1.32. The van der Waals surface area contributed by atoms with Crippen LogP contribution < -0.4 is 4.74 Å². The Morgan fingerprint density at radius 2 is 1.86 bits per heavy atom. The molecular formula is C31H27F2N3O. The van der Waals surface area contributed by atoms with Crippen LogP contribution in [0.25, 0.3) is 22.5 Å². The van der Waals surface area contributed by atoms with Crippen LogP contribution in [0.4, 0.5) is 8.78 Å². The largest absolute Gasteiger partial charge is 0.481 e. The number of aryl methyl sites for hydroxylation is 1. The molecule has 1 aliphatic carbocycles. The third-order valence-corrected chi connectivity index (χ3v) is 6.69. The Morgan fingerprint density at radius 3 is 2.62 bits per heavy atom. The number of aromatic nitrogens is 3. The Morgan fingerprint density at radius 1 is 1.08 bits per heavy atom. The third-order valence-electron chi connectivity index (χ3n) is 6.69. The van der Waals surface area contributed by atoms with Crippen molar-refractivity contribution in [2.45, 2.75) is 38.9 Å². The summed E-state index contributed by atoms with van der Waals surface area (Å²) in [6.45, 7) is 6.51. The van der Waals surface area contributed by atoms with Gasteiger partial charge in [0.25, 0.3) is 0 Å². The van der Waals surface area contributed by atoms with Crippen LogP contribution >= 0.6 is 0 Å². The predicted octanol–water partition coefficient (Wildman–Crippen LogP) is 6.83. The minimum atomic E-state index is -1.80. The molecule has 2 aliphatic heterocycles. The highest BCUT2D eigenvalue weighted by Crippen LogP contribution is 2.38. The van der Waals surface area contributed by atoms with Gasteiger partial charge in [0.15, 0.2) is 6.17 Å². The molecule has 6 heteroatoms. The van der Waals surface area contributed by atoms with Crippen molar-refractivity contribution in [3.8, 4) is 40.1 Å². The summed E-state index contributed by atoms with van der Waals surface area (Å²) in [6, 6.07) is 16.3. The van der Waals surface area contributed by atoms with Crippen LogP contribution in [0.1, 0.15) is 30.8 Å². The lowest BCUT2D eigenvalue weighted by molar-refractivity contribution is 0.232. The molecule has 0 radical (unpaired) electrons. The maximum absolute atomic E-state index is 14.7. The quantitative estimate of drug-likeness (QED) is 0.275. The zero-order valence-electron chi connectivity index (χ0n) is 21.0. The summed E-state index contributed by atoms with van der Waals surface area (Å²) in [4.78, 5) is 9.05.